The molecule has 0 unspecified atom stereocenters. The molecule has 0 spiro atoms. The number of benzene rings is 1. The predicted octanol–water partition coefficient (Wildman–Crippen LogP) is 0.927. The summed E-state index contributed by atoms with van der Waals surface area (Å²) in [4.78, 5) is 10.3. The van der Waals surface area contributed by atoms with Crippen LogP contribution in [0.25, 0.3) is 0 Å². The predicted molar refractivity (Wildman–Crippen MR) is 71.9 cm³/mol. The molecule has 106 valence electrons. The normalized spacial score (nSPS) is 11.2. The lowest BCUT2D eigenvalue weighted by Crippen LogP contribution is -2.17. The molecule has 7 heteroatoms. The van der Waals surface area contributed by atoms with E-state index >= 15 is 0 Å². The molecule has 0 aliphatic carbocycles. The number of ether oxygens (including phenoxy) is 1. The summed E-state index contributed by atoms with van der Waals surface area (Å²) in [6.45, 7) is 0.0266. The van der Waals surface area contributed by atoms with E-state index in [0.717, 1.165) is 0 Å². The smallest absolute Gasteiger partial charge is 0.303 e. The summed E-state index contributed by atoms with van der Waals surface area (Å²) in [6.07, 6.45) is -0.0226. The molecule has 0 aliphatic heterocycles. The highest BCUT2D eigenvalue weighted by Crippen LogP contribution is 2.14. The van der Waals surface area contributed by atoms with Gasteiger partial charge in [0.1, 0.15) is 12.4 Å². The van der Waals surface area contributed by atoms with Crippen molar-refractivity contribution in [1.29, 1.82) is 0 Å². The number of anilines is 1. The van der Waals surface area contributed by atoms with Crippen molar-refractivity contribution >= 4 is 21.5 Å². The summed E-state index contributed by atoms with van der Waals surface area (Å²) >= 11 is 0. The third-order valence-electron chi connectivity index (χ3n) is 2.37. The maximum atomic E-state index is 11.6. The fraction of sp³-hybridized carbons (Fsp3) is 0.417. The first-order valence-corrected chi connectivity index (χ1v) is 7.62. The quantitative estimate of drug-likeness (QED) is 0.689. The Morgan fingerprint density at radius 3 is 2.68 bits per heavy atom. The molecular formula is C12H17NO5S. The molecule has 1 aromatic carbocycles. The number of nitrogen functional groups attached to an aromatic ring is 1. The number of aliphatic carboxylic acids is 1. The number of carboxylic acids is 1. The first-order valence-electron chi connectivity index (χ1n) is 5.79. The molecule has 0 bridgehead atoms. The van der Waals surface area contributed by atoms with Crippen molar-refractivity contribution in [1.82, 2.24) is 0 Å². The van der Waals surface area contributed by atoms with E-state index in [1.54, 1.807) is 24.3 Å². The summed E-state index contributed by atoms with van der Waals surface area (Å²) in [6, 6.07) is 6.71. The zero-order valence-corrected chi connectivity index (χ0v) is 11.2. The van der Waals surface area contributed by atoms with Gasteiger partial charge in [-0.15, -0.1) is 0 Å². The number of nitrogens with two attached hydrogens (primary N) is 1. The van der Waals surface area contributed by atoms with Crippen molar-refractivity contribution in [2.24, 2.45) is 0 Å². The van der Waals surface area contributed by atoms with Crippen LogP contribution in [0, 0.1) is 0 Å². The molecule has 1 rings (SSSR count). The minimum Gasteiger partial charge on any atom is -0.492 e. The van der Waals surface area contributed by atoms with Crippen LogP contribution in [-0.4, -0.2) is 37.6 Å². The van der Waals surface area contributed by atoms with E-state index in [1.165, 1.54) is 0 Å². The Hall–Kier alpha value is -1.76. The summed E-state index contributed by atoms with van der Waals surface area (Å²) in [7, 11) is -3.28. The first-order chi connectivity index (χ1) is 8.89. The molecule has 0 amide bonds. The minimum atomic E-state index is -3.28. The Kier molecular flexibility index (Phi) is 5.62. The van der Waals surface area contributed by atoms with E-state index in [2.05, 4.69) is 0 Å². The maximum Gasteiger partial charge on any atom is 0.303 e. The van der Waals surface area contributed by atoms with Crippen LogP contribution in [0.15, 0.2) is 24.3 Å². The minimum absolute atomic E-state index is 0.0266. The molecule has 19 heavy (non-hydrogen) atoms. The molecule has 0 aliphatic rings. The van der Waals surface area contributed by atoms with Crippen molar-refractivity contribution in [3.05, 3.63) is 24.3 Å². The van der Waals surface area contributed by atoms with Crippen LogP contribution in [0.3, 0.4) is 0 Å². The highest BCUT2D eigenvalue weighted by atomic mass is 32.2. The van der Waals surface area contributed by atoms with Gasteiger partial charge in [-0.2, -0.15) is 0 Å². The zero-order valence-electron chi connectivity index (χ0n) is 10.4. The van der Waals surface area contributed by atoms with Gasteiger partial charge in [-0.25, -0.2) is 8.42 Å². The van der Waals surface area contributed by atoms with E-state index in [0.29, 0.717) is 11.4 Å². The molecule has 0 heterocycles. The molecule has 6 nitrogen and oxygen atoms in total. The molecule has 1 aromatic rings. The molecular weight excluding hydrogens is 270 g/mol. The zero-order chi connectivity index (χ0) is 14.3. The van der Waals surface area contributed by atoms with E-state index in [9.17, 15) is 13.2 Å². The second-order valence-electron chi connectivity index (χ2n) is 4.07. The van der Waals surface area contributed by atoms with Gasteiger partial charge in [-0.1, -0.05) is 6.07 Å². The number of carbonyl (C=O) groups is 1. The van der Waals surface area contributed by atoms with Gasteiger partial charge in [0.15, 0.2) is 9.84 Å². The molecule has 0 fully saturated rings. The Morgan fingerprint density at radius 2 is 2.05 bits per heavy atom. The molecule has 0 saturated carbocycles. The van der Waals surface area contributed by atoms with Gasteiger partial charge >= 0.3 is 5.97 Å². The fourth-order valence-corrected chi connectivity index (χ4v) is 2.56. The lowest BCUT2D eigenvalue weighted by atomic mass is 10.3. The monoisotopic (exact) mass is 287 g/mol. The van der Waals surface area contributed by atoms with Gasteiger partial charge in [0.25, 0.3) is 0 Å². The van der Waals surface area contributed by atoms with E-state index in [-0.39, 0.29) is 31.0 Å². The number of sulfone groups is 1. The number of hydrogen-bond acceptors (Lipinski definition) is 5. The van der Waals surface area contributed by atoms with E-state index in [1.807, 2.05) is 0 Å². The van der Waals surface area contributed by atoms with Crippen LogP contribution in [-0.2, 0) is 14.6 Å². The van der Waals surface area contributed by atoms with Crippen LogP contribution in [0.2, 0.25) is 0 Å². The highest BCUT2D eigenvalue weighted by Gasteiger charge is 2.12. The third-order valence-corrected chi connectivity index (χ3v) is 4.07. The van der Waals surface area contributed by atoms with Crippen LogP contribution in [0.4, 0.5) is 5.69 Å². The van der Waals surface area contributed by atoms with Crippen LogP contribution in [0.5, 0.6) is 5.75 Å². The number of carboxylic acid groups (broad SMARTS) is 1. The van der Waals surface area contributed by atoms with Crippen molar-refractivity contribution in [3.8, 4) is 5.75 Å². The Labute approximate surface area is 112 Å². The number of rotatable bonds is 8. The molecule has 0 radical (unpaired) electrons. The van der Waals surface area contributed by atoms with Gasteiger partial charge in [0.05, 0.1) is 11.5 Å². The fourth-order valence-electron chi connectivity index (χ4n) is 1.44. The first kappa shape index (κ1) is 15.3. The van der Waals surface area contributed by atoms with Crippen LogP contribution >= 0.6 is 0 Å². The van der Waals surface area contributed by atoms with Crippen molar-refractivity contribution in [2.75, 3.05) is 23.8 Å². The maximum absolute atomic E-state index is 11.6. The summed E-state index contributed by atoms with van der Waals surface area (Å²) < 4.78 is 28.4. The summed E-state index contributed by atoms with van der Waals surface area (Å²) in [5.74, 6) is -0.756. The summed E-state index contributed by atoms with van der Waals surface area (Å²) in [5.41, 5.74) is 6.10. The van der Waals surface area contributed by atoms with E-state index in [4.69, 9.17) is 15.6 Å². The highest BCUT2D eigenvalue weighted by molar-refractivity contribution is 7.91. The Balaban J connectivity index is 2.33. The standard InChI is InChI=1S/C12H17NO5S/c13-10-3-1-4-11(9-10)18-6-8-19(16,17)7-2-5-12(14)15/h1,3-4,9H,2,5-8,13H2,(H,14,15). The van der Waals surface area contributed by atoms with Gasteiger partial charge in [-0.05, 0) is 18.6 Å². The van der Waals surface area contributed by atoms with E-state index < -0.39 is 15.8 Å². The van der Waals surface area contributed by atoms with Crippen molar-refractivity contribution in [2.45, 2.75) is 12.8 Å². The van der Waals surface area contributed by atoms with Crippen LogP contribution < -0.4 is 10.5 Å². The lowest BCUT2D eigenvalue weighted by Gasteiger charge is -2.07. The molecule has 0 aromatic heterocycles. The van der Waals surface area contributed by atoms with Crippen molar-refractivity contribution in [3.63, 3.8) is 0 Å². The van der Waals surface area contributed by atoms with Crippen molar-refractivity contribution < 1.29 is 23.1 Å². The molecule has 0 atom stereocenters. The lowest BCUT2D eigenvalue weighted by molar-refractivity contribution is -0.137. The second kappa shape index (κ2) is 6.98. The average molecular weight is 287 g/mol. The van der Waals surface area contributed by atoms with Gasteiger partial charge in [-0.3, -0.25) is 4.79 Å². The third kappa shape index (κ3) is 6.66. The molecule has 0 saturated heterocycles. The average Bonchev–Trinajstić information content (AvgIpc) is 2.27. The molecule has 3 N–H and O–H groups in total. The van der Waals surface area contributed by atoms with Gasteiger partial charge in [0.2, 0.25) is 0 Å². The second-order valence-corrected chi connectivity index (χ2v) is 6.37. The Morgan fingerprint density at radius 1 is 1.32 bits per heavy atom. The summed E-state index contributed by atoms with van der Waals surface area (Å²) in [5, 5.41) is 8.43. The topological polar surface area (TPSA) is 107 Å². The van der Waals surface area contributed by atoms with Gasteiger partial charge in [0, 0.05) is 18.2 Å². The largest absolute Gasteiger partial charge is 0.492 e. The van der Waals surface area contributed by atoms with Gasteiger partial charge < -0.3 is 15.6 Å². The SMILES string of the molecule is Nc1cccc(OCCS(=O)(=O)CCCC(=O)O)c1. The Bertz CT molecular complexity index is 527. The van der Waals surface area contributed by atoms with Crippen LogP contribution in [0.1, 0.15) is 12.8 Å². The number of hydrogen-bond donors (Lipinski definition) is 2.